The molecule has 0 aliphatic heterocycles. The SMILES string of the molecule is CC(C(=S)Oc1cc2ccccc2s1)(c1ccc(OCc2ccc3ccccc3n2)cc1)c1ccc(OCc2ccc3ccccc3n2)cc1. The van der Waals surface area contributed by atoms with Gasteiger partial charge in [-0.05, 0) is 90.3 Å². The fraction of sp³-hybridized carbons (Fsp3) is 0.0930. The van der Waals surface area contributed by atoms with Gasteiger partial charge in [0.2, 0.25) is 0 Å². The highest BCUT2D eigenvalue weighted by atomic mass is 32.1. The molecule has 5 aromatic carbocycles. The molecule has 0 saturated carbocycles. The van der Waals surface area contributed by atoms with Gasteiger partial charge in [0, 0.05) is 21.5 Å². The summed E-state index contributed by atoms with van der Waals surface area (Å²) in [5.41, 5.74) is 4.84. The van der Waals surface area contributed by atoms with Gasteiger partial charge in [-0.3, -0.25) is 0 Å². The molecule has 8 aromatic rings. The van der Waals surface area contributed by atoms with Crippen molar-refractivity contribution in [3.05, 3.63) is 174 Å². The standard InChI is InChI=1S/C43H32N2O3S2/c1-43(42(49)48-41-26-31-10-4-7-13-40(31)50-41,32-16-22-36(23-17-32)46-27-34-20-14-29-8-2-5-11-38(29)44-34)33-18-24-37(25-19-33)47-28-35-21-15-30-9-3-6-12-39(30)45-35/h2-26H,27-28H2,1H3. The largest absolute Gasteiger partial charge is 0.487 e. The smallest absolute Gasteiger partial charge is 0.183 e. The van der Waals surface area contributed by atoms with E-state index >= 15 is 0 Å². The maximum Gasteiger partial charge on any atom is 0.183 e. The van der Waals surface area contributed by atoms with E-state index in [0.29, 0.717) is 18.3 Å². The van der Waals surface area contributed by atoms with Crippen molar-refractivity contribution in [3.8, 4) is 16.6 Å². The Morgan fingerprint density at radius 2 is 1.06 bits per heavy atom. The molecular weight excluding hydrogens is 657 g/mol. The van der Waals surface area contributed by atoms with Gasteiger partial charge in [0.15, 0.2) is 10.1 Å². The molecule has 5 nitrogen and oxygen atoms in total. The number of pyridine rings is 2. The predicted octanol–water partition coefficient (Wildman–Crippen LogP) is 10.9. The fourth-order valence-electron chi connectivity index (χ4n) is 6.06. The number of para-hydroxylation sites is 2. The minimum atomic E-state index is -0.762. The summed E-state index contributed by atoms with van der Waals surface area (Å²) in [6.45, 7) is 2.84. The Hall–Kier alpha value is -5.63. The molecular formula is C43H32N2O3S2. The Morgan fingerprint density at radius 1 is 0.580 bits per heavy atom. The minimum absolute atomic E-state index is 0.366. The van der Waals surface area contributed by atoms with E-state index in [1.54, 1.807) is 11.3 Å². The van der Waals surface area contributed by atoms with Crippen LogP contribution in [0.15, 0.2) is 152 Å². The highest BCUT2D eigenvalue weighted by Gasteiger charge is 2.36. The Kier molecular flexibility index (Phi) is 8.67. The zero-order chi connectivity index (χ0) is 33.9. The molecule has 8 rings (SSSR count). The third kappa shape index (κ3) is 6.53. The average molecular weight is 689 g/mol. The number of ether oxygens (including phenoxy) is 3. The third-order valence-corrected chi connectivity index (χ3v) is 10.4. The molecule has 0 fully saturated rings. The van der Waals surface area contributed by atoms with Crippen LogP contribution in [0.4, 0.5) is 0 Å². The Labute approximate surface area is 299 Å². The number of nitrogens with zero attached hydrogens (tertiary/aromatic N) is 2. The van der Waals surface area contributed by atoms with E-state index in [2.05, 4.69) is 67.6 Å². The number of fused-ring (bicyclic) bond motifs is 3. The lowest BCUT2D eigenvalue weighted by Crippen LogP contribution is -2.36. The van der Waals surface area contributed by atoms with Crippen molar-refractivity contribution in [2.24, 2.45) is 0 Å². The number of rotatable bonds is 10. The normalized spacial score (nSPS) is 11.5. The second-order valence-corrected chi connectivity index (χ2v) is 13.7. The van der Waals surface area contributed by atoms with Gasteiger partial charge in [-0.25, -0.2) is 9.97 Å². The van der Waals surface area contributed by atoms with Gasteiger partial charge < -0.3 is 14.2 Å². The molecule has 0 aliphatic rings. The van der Waals surface area contributed by atoms with Crippen molar-refractivity contribution in [2.75, 3.05) is 0 Å². The van der Waals surface area contributed by atoms with Crippen molar-refractivity contribution in [3.63, 3.8) is 0 Å². The molecule has 0 saturated heterocycles. The molecule has 0 bridgehead atoms. The van der Waals surface area contributed by atoms with Crippen LogP contribution in [-0.2, 0) is 18.6 Å². The second-order valence-electron chi connectivity index (χ2n) is 12.2. The molecule has 244 valence electrons. The summed E-state index contributed by atoms with van der Waals surface area (Å²) in [5.74, 6) is 1.49. The van der Waals surface area contributed by atoms with Gasteiger partial charge in [0.25, 0.3) is 0 Å². The van der Waals surface area contributed by atoms with Crippen LogP contribution in [0, 0.1) is 0 Å². The predicted molar refractivity (Wildman–Crippen MR) is 207 cm³/mol. The zero-order valence-electron chi connectivity index (χ0n) is 27.3. The number of hydrogen-bond acceptors (Lipinski definition) is 7. The van der Waals surface area contributed by atoms with Crippen LogP contribution in [0.1, 0.15) is 29.4 Å². The van der Waals surface area contributed by atoms with Gasteiger partial charge in [0.1, 0.15) is 24.7 Å². The van der Waals surface area contributed by atoms with Crippen molar-refractivity contribution in [1.29, 1.82) is 0 Å². The second kappa shape index (κ2) is 13.7. The van der Waals surface area contributed by atoms with E-state index in [1.165, 1.54) is 0 Å². The Bertz CT molecular complexity index is 2300. The summed E-state index contributed by atoms with van der Waals surface area (Å²) in [6, 6.07) is 50.7. The van der Waals surface area contributed by atoms with Crippen LogP contribution in [-0.4, -0.2) is 15.0 Å². The lowest BCUT2D eigenvalue weighted by atomic mass is 9.76. The quantitative estimate of drug-likeness (QED) is 0.133. The third-order valence-electron chi connectivity index (χ3n) is 8.95. The van der Waals surface area contributed by atoms with Gasteiger partial charge in [-0.2, -0.15) is 0 Å². The van der Waals surface area contributed by atoms with Gasteiger partial charge in [-0.1, -0.05) is 102 Å². The molecule has 0 aliphatic carbocycles. The topological polar surface area (TPSA) is 53.5 Å². The summed E-state index contributed by atoms with van der Waals surface area (Å²) >= 11 is 7.70. The summed E-state index contributed by atoms with van der Waals surface area (Å²) in [4.78, 5) is 9.49. The lowest BCUT2D eigenvalue weighted by Gasteiger charge is -2.31. The number of thiocarbonyl (C=S) groups is 1. The molecule has 3 aromatic heterocycles. The van der Waals surface area contributed by atoms with Crippen LogP contribution in [0.5, 0.6) is 16.6 Å². The summed E-state index contributed by atoms with van der Waals surface area (Å²) < 4.78 is 20.0. The monoisotopic (exact) mass is 688 g/mol. The first-order valence-corrected chi connectivity index (χ1v) is 17.6. The number of hydrogen-bond donors (Lipinski definition) is 0. The molecule has 0 N–H and O–H groups in total. The van der Waals surface area contributed by atoms with E-state index in [9.17, 15) is 0 Å². The number of aromatic nitrogens is 2. The van der Waals surface area contributed by atoms with Crippen LogP contribution >= 0.6 is 23.6 Å². The molecule has 7 heteroatoms. The highest BCUT2D eigenvalue weighted by molar-refractivity contribution is 7.80. The lowest BCUT2D eigenvalue weighted by molar-refractivity contribution is 0.301. The first-order valence-electron chi connectivity index (χ1n) is 16.4. The first kappa shape index (κ1) is 31.6. The van der Waals surface area contributed by atoms with E-state index < -0.39 is 5.41 Å². The maximum absolute atomic E-state index is 6.49. The zero-order valence-corrected chi connectivity index (χ0v) is 28.9. The van der Waals surface area contributed by atoms with Crippen LogP contribution in [0.2, 0.25) is 0 Å². The molecule has 50 heavy (non-hydrogen) atoms. The maximum atomic E-state index is 6.49. The average Bonchev–Trinajstić information content (AvgIpc) is 3.58. The number of benzene rings is 5. The molecule has 0 unspecified atom stereocenters. The van der Waals surface area contributed by atoms with Crippen molar-refractivity contribution in [2.45, 2.75) is 25.6 Å². The molecule has 0 amide bonds. The van der Waals surface area contributed by atoms with Crippen molar-refractivity contribution < 1.29 is 14.2 Å². The molecule has 0 radical (unpaired) electrons. The van der Waals surface area contributed by atoms with E-state index in [4.69, 9.17) is 36.4 Å². The van der Waals surface area contributed by atoms with Crippen molar-refractivity contribution in [1.82, 2.24) is 9.97 Å². The first-order chi connectivity index (χ1) is 24.5. The Balaban J connectivity index is 1.04. The van der Waals surface area contributed by atoms with Crippen LogP contribution in [0.25, 0.3) is 31.9 Å². The summed E-state index contributed by atoms with van der Waals surface area (Å²) in [5, 5.41) is 4.55. The van der Waals surface area contributed by atoms with Gasteiger partial charge in [-0.15, -0.1) is 0 Å². The highest BCUT2D eigenvalue weighted by Crippen LogP contribution is 2.39. The molecule has 3 heterocycles. The number of thiophene rings is 1. The summed E-state index contributed by atoms with van der Waals surface area (Å²) in [7, 11) is 0. The van der Waals surface area contributed by atoms with E-state index in [-0.39, 0.29) is 0 Å². The minimum Gasteiger partial charge on any atom is -0.487 e. The fourth-order valence-corrected chi connectivity index (χ4v) is 7.36. The van der Waals surface area contributed by atoms with Gasteiger partial charge in [0.05, 0.1) is 27.8 Å². The van der Waals surface area contributed by atoms with Gasteiger partial charge >= 0.3 is 0 Å². The van der Waals surface area contributed by atoms with E-state index in [1.807, 2.05) is 91.0 Å². The molecule has 0 spiro atoms. The van der Waals surface area contributed by atoms with Crippen LogP contribution in [0.3, 0.4) is 0 Å². The van der Waals surface area contributed by atoms with Crippen molar-refractivity contribution >= 4 is 60.5 Å². The van der Waals surface area contributed by atoms with Crippen LogP contribution < -0.4 is 14.2 Å². The summed E-state index contributed by atoms with van der Waals surface area (Å²) in [6.07, 6.45) is 0. The Morgan fingerprint density at radius 3 is 1.58 bits per heavy atom. The molecule has 0 atom stereocenters. The van der Waals surface area contributed by atoms with E-state index in [0.717, 1.165) is 71.0 Å².